The Morgan fingerprint density at radius 1 is 0.917 bits per heavy atom. The maximum Gasteiger partial charge on any atom is 0.343 e. The summed E-state index contributed by atoms with van der Waals surface area (Å²) in [6.45, 7) is 4.53. The highest BCUT2D eigenvalue weighted by molar-refractivity contribution is 6.39. The molecular weight excluding hydrogens is 462 g/mol. The molecule has 3 rings (SSSR count). The summed E-state index contributed by atoms with van der Waals surface area (Å²) in [6, 6.07) is 18.4. The minimum absolute atomic E-state index is 0.215. The van der Waals surface area contributed by atoms with Crippen molar-refractivity contribution >= 4 is 29.7 Å². The second-order valence-corrected chi connectivity index (χ2v) is 7.69. The van der Waals surface area contributed by atoms with Gasteiger partial charge in [-0.05, 0) is 73.5 Å². The van der Waals surface area contributed by atoms with E-state index < -0.39 is 17.8 Å². The molecule has 0 heterocycles. The molecule has 0 fully saturated rings. The van der Waals surface area contributed by atoms with Gasteiger partial charge in [-0.3, -0.25) is 9.59 Å². The average Bonchev–Trinajstić information content (AvgIpc) is 2.89. The molecule has 36 heavy (non-hydrogen) atoms. The van der Waals surface area contributed by atoms with Crippen molar-refractivity contribution in [3.05, 3.63) is 83.4 Å². The predicted molar refractivity (Wildman–Crippen MR) is 136 cm³/mol. The molecule has 0 saturated carbocycles. The number of esters is 1. The van der Waals surface area contributed by atoms with E-state index >= 15 is 0 Å². The standard InChI is InChI=1S/C27H27N3O6/c1-4-15-35-22-12-8-20(9-13-22)27(33)36-23-14-7-19(16-24(23)34-3)17-28-30-26(32)25(31)29-21-10-5-18(2)6-11-21/h5-14,16-17H,4,15H2,1-3H3,(H,29,31)(H,30,32)/b28-17+. The number of rotatable bonds is 9. The van der Waals surface area contributed by atoms with Crippen molar-refractivity contribution < 1.29 is 28.6 Å². The number of carbonyl (C=O) groups is 3. The maximum atomic E-state index is 12.5. The van der Waals surface area contributed by atoms with Crippen molar-refractivity contribution in [3.8, 4) is 17.2 Å². The average molecular weight is 490 g/mol. The molecule has 186 valence electrons. The van der Waals surface area contributed by atoms with E-state index in [0.717, 1.165) is 12.0 Å². The highest BCUT2D eigenvalue weighted by Crippen LogP contribution is 2.28. The van der Waals surface area contributed by atoms with E-state index in [9.17, 15) is 14.4 Å². The maximum absolute atomic E-state index is 12.5. The molecule has 0 atom stereocenters. The van der Waals surface area contributed by atoms with Crippen LogP contribution >= 0.6 is 0 Å². The number of hydrogen-bond acceptors (Lipinski definition) is 7. The van der Waals surface area contributed by atoms with Gasteiger partial charge in [-0.2, -0.15) is 5.10 Å². The minimum atomic E-state index is -0.921. The molecule has 0 spiro atoms. The fourth-order valence-electron chi connectivity index (χ4n) is 2.96. The highest BCUT2D eigenvalue weighted by Gasteiger charge is 2.14. The van der Waals surface area contributed by atoms with E-state index in [2.05, 4.69) is 15.8 Å². The van der Waals surface area contributed by atoms with Gasteiger partial charge in [0.2, 0.25) is 0 Å². The Morgan fingerprint density at radius 3 is 2.31 bits per heavy atom. The number of methoxy groups -OCH3 is 1. The largest absolute Gasteiger partial charge is 0.494 e. The van der Waals surface area contributed by atoms with Gasteiger partial charge in [0.05, 0.1) is 25.5 Å². The Balaban J connectivity index is 1.57. The van der Waals surface area contributed by atoms with Gasteiger partial charge >= 0.3 is 17.8 Å². The lowest BCUT2D eigenvalue weighted by molar-refractivity contribution is -0.136. The van der Waals surface area contributed by atoms with Crippen LogP contribution in [0, 0.1) is 6.92 Å². The first-order valence-corrected chi connectivity index (χ1v) is 11.2. The molecule has 9 heteroatoms. The number of carbonyl (C=O) groups excluding carboxylic acids is 3. The van der Waals surface area contributed by atoms with Crippen LogP contribution in [0.25, 0.3) is 0 Å². The van der Waals surface area contributed by atoms with Crippen molar-refractivity contribution in [1.29, 1.82) is 0 Å². The van der Waals surface area contributed by atoms with Gasteiger partial charge in [-0.1, -0.05) is 24.6 Å². The zero-order chi connectivity index (χ0) is 25.9. The summed E-state index contributed by atoms with van der Waals surface area (Å²) in [5.74, 6) is -1.14. The second-order valence-electron chi connectivity index (χ2n) is 7.69. The van der Waals surface area contributed by atoms with E-state index in [0.29, 0.717) is 34.9 Å². The number of anilines is 1. The first-order chi connectivity index (χ1) is 17.4. The topological polar surface area (TPSA) is 115 Å². The Labute approximate surface area is 209 Å². The Bertz CT molecular complexity index is 1240. The fraction of sp³-hybridized carbons (Fsp3) is 0.185. The Morgan fingerprint density at radius 2 is 1.64 bits per heavy atom. The van der Waals surface area contributed by atoms with Crippen LogP contribution in [0.3, 0.4) is 0 Å². The van der Waals surface area contributed by atoms with Crippen LogP contribution in [0.15, 0.2) is 71.8 Å². The lowest BCUT2D eigenvalue weighted by Gasteiger charge is -2.10. The third kappa shape index (κ3) is 7.42. The number of aryl methyl sites for hydroxylation is 1. The number of amides is 2. The second kappa shape index (κ2) is 12.7. The molecule has 9 nitrogen and oxygen atoms in total. The van der Waals surface area contributed by atoms with Gasteiger partial charge in [-0.25, -0.2) is 10.2 Å². The van der Waals surface area contributed by atoms with Gasteiger partial charge in [-0.15, -0.1) is 0 Å². The summed E-state index contributed by atoms with van der Waals surface area (Å²) in [6.07, 6.45) is 2.22. The molecule has 3 aromatic rings. The molecule has 0 saturated heterocycles. The van der Waals surface area contributed by atoms with Crippen LogP contribution in [0.2, 0.25) is 0 Å². The molecule has 0 bridgehead atoms. The van der Waals surface area contributed by atoms with Gasteiger partial charge in [0.15, 0.2) is 11.5 Å². The number of ether oxygens (including phenoxy) is 3. The SMILES string of the molecule is CCCOc1ccc(C(=O)Oc2ccc(/C=N/NC(=O)C(=O)Nc3ccc(C)cc3)cc2OC)cc1. The number of benzene rings is 3. The summed E-state index contributed by atoms with van der Waals surface area (Å²) in [5, 5.41) is 6.29. The fourth-order valence-corrected chi connectivity index (χ4v) is 2.96. The van der Waals surface area contributed by atoms with Crippen molar-refractivity contribution in [2.45, 2.75) is 20.3 Å². The third-order valence-corrected chi connectivity index (χ3v) is 4.85. The van der Waals surface area contributed by atoms with Gasteiger partial charge < -0.3 is 19.5 Å². The first-order valence-electron chi connectivity index (χ1n) is 11.2. The summed E-state index contributed by atoms with van der Waals surface area (Å²) in [5.41, 5.74) is 4.60. The zero-order valence-corrected chi connectivity index (χ0v) is 20.2. The summed E-state index contributed by atoms with van der Waals surface area (Å²) >= 11 is 0. The van der Waals surface area contributed by atoms with E-state index in [-0.39, 0.29) is 5.75 Å². The van der Waals surface area contributed by atoms with Crippen LogP contribution in [0.4, 0.5) is 5.69 Å². The number of hydrogen-bond donors (Lipinski definition) is 2. The molecule has 0 aromatic heterocycles. The van der Waals surface area contributed by atoms with Crippen molar-refractivity contribution in [2.75, 3.05) is 19.0 Å². The van der Waals surface area contributed by atoms with Crippen molar-refractivity contribution in [2.24, 2.45) is 5.10 Å². The normalized spacial score (nSPS) is 10.5. The molecule has 0 unspecified atom stereocenters. The van der Waals surface area contributed by atoms with Crippen LogP contribution < -0.4 is 25.0 Å². The van der Waals surface area contributed by atoms with E-state index in [1.165, 1.54) is 13.3 Å². The van der Waals surface area contributed by atoms with Crippen molar-refractivity contribution in [1.82, 2.24) is 5.43 Å². The monoisotopic (exact) mass is 489 g/mol. The molecule has 0 radical (unpaired) electrons. The predicted octanol–water partition coefficient (Wildman–Crippen LogP) is 4.10. The number of nitrogens with zero attached hydrogens (tertiary/aromatic N) is 1. The van der Waals surface area contributed by atoms with E-state index in [4.69, 9.17) is 14.2 Å². The van der Waals surface area contributed by atoms with Crippen LogP contribution in [0.1, 0.15) is 34.8 Å². The molecule has 0 aliphatic rings. The lowest BCUT2D eigenvalue weighted by Crippen LogP contribution is -2.32. The molecule has 0 aliphatic heterocycles. The molecular formula is C27H27N3O6. The van der Waals surface area contributed by atoms with E-state index in [1.807, 2.05) is 26.0 Å². The van der Waals surface area contributed by atoms with Gasteiger partial charge in [0.1, 0.15) is 5.75 Å². The van der Waals surface area contributed by atoms with E-state index in [1.54, 1.807) is 54.6 Å². The number of hydrazone groups is 1. The van der Waals surface area contributed by atoms with Gasteiger partial charge in [0, 0.05) is 5.69 Å². The Kier molecular flexibility index (Phi) is 9.16. The zero-order valence-electron chi connectivity index (χ0n) is 20.2. The third-order valence-electron chi connectivity index (χ3n) is 4.85. The first kappa shape index (κ1) is 26.0. The van der Waals surface area contributed by atoms with Crippen LogP contribution in [-0.2, 0) is 9.59 Å². The van der Waals surface area contributed by atoms with Crippen LogP contribution in [0.5, 0.6) is 17.2 Å². The molecule has 3 aromatic carbocycles. The smallest absolute Gasteiger partial charge is 0.343 e. The quantitative estimate of drug-likeness (QED) is 0.154. The number of nitrogens with one attached hydrogen (secondary N) is 2. The van der Waals surface area contributed by atoms with Gasteiger partial charge in [0.25, 0.3) is 0 Å². The highest BCUT2D eigenvalue weighted by atomic mass is 16.6. The minimum Gasteiger partial charge on any atom is -0.494 e. The lowest BCUT2D eigenvalue weighted by atomic mass is 10.2. The Hall–Kier alpha value is -4.66. The summed E-state index contributed by atoms with van der Waals surface area (Å²) in [7, 11) is 1.44. The van der Waals surface area contributed by atoms with Crippen molar-refractivity contribution in [3.63, 3.8) is 0 Å². The summed E-state index contributed by atoms with van der Waals surface area (Å²) < 4.78 is 16.3. The van der Waals surface area contributed by atoms with Crippen LogP contribution in [-0.4, -0.2) is 37.7 Å². The molecule has 2 amide bonds. The molecule has 0 aliphatic carbocycles. The molecule has 2 N–H and O–H groups in total. The summed E-state index contributed by atoms with van der Waals surface area (Å²) in [4.78, 5) is 36.5.